The summed E-state index contributed by atoms with van der Waals surface area (Å²) in [4.78, 5) is 25.3. The van der Waals surface area contributed by atoms with Gasteiger partial charge in [-0.25, -0.2) is 4.79 Å². The Morgan fingerprint density at radius 1 is 0.767 bits per heavy atom. The molecule has 0 aromatic heterocycles. The van der Waals surface area contributed by atoms with E-state index in [-0.39, 0.29) is 18.6 Å². The van der Waals surface area contributed by atoms with Gasteiger partial charge in [0.2, 0.25) is 5.91 Å². The molecule has 2 atom stereocenters. The lowest BCUT2D eigenvalue weighted by Crippen LogP contribution is -2.48. The minimum atomic E-state index is -0.748. The molecule has 0 heterocycles. The smallest absolute Gasteiger partial charge is 0.408 e. The number of nitrogens with one attached hydrogen (secondary N) is 2. The fraction of sp³-hybridized carbons (Fsp3) is 0.200. The van der Waals surface area contributed by atoms with Crippen LogP contribution in [0, 0.1) is 0 Å². The van der Waals surface area contributed by atoms with Crippen molar-refractivity contribution < 1.29 is 14.3 Å². The zero-order chi connectivity index (χ0) is 21.2. The summed E-state index contributed by atoms with van der Waals surface area (Å²) in [5, 5.41) is 5.71. The summed E-state index contributed by atoms with van der Waals surface area (Å²) in [6.07, 6.45) is -0.253. The molecule has 0 spiro atoms. The molecule has 30 heavy (non-hydrogen) atoms. The van der Waals surface area contributed by atoms with Crippen molar-refractivity contribution in [3.8, 4) is 0 Å². The van der Waals surface area contributed by atoms with Gasteiger partial charge in [-0.2, -0.15) is 0 Å². The fourth-order valence-electron chi connectivity index (χ4n) is 3.11. The van der Waals surface area contributed by atoms with Gasteiger partial charge in [-0.15, -0.1) is 0 Å². The summed E-state index contributed by atoms with van der Waals surface area (Å²) in [7, 11) is 0. The quantitative estimate of drug-likeness (QED) is 0.587. The van der Waals surface area contributed by atoms with Gasteiger partial charge in [-0.1, -0.05) is 91.0 Å². The third-order valence-corrected chi connectivity index (χ3v) is 4.76. The van der Waals surface area contributed by atoms with Crippen LogP contribution < -0.4 is 10.6 Å². The maximum Gasteiger partial charge on any atom is 0.408 e. The highest BCUT2D eigenvalue weighted by atomic mass is 16.5. The van der Waals surface area contributed by atoms with Crippen molar-refractivity contribution in [2.45, 2.75) is 32.0 Å². The normalized spacial score (nSPS) is 12.4. The molecule has 5 heteroatoms. The first-order valence-electron chi connectivity index (χ1n) is 9.98. The van der Waals surface area contributed by atoms with Crippen LogP contribution in [0.4, 0.5) is 4.79 Å². The van der Waals surface area contributed by atoms with Gasteiger partial charge in [-0.3, -0.25) is 4.79 Å². The van der Waals surface area contributed by atoms with Crippen molar-refractivity contribution in [3.63, 3.8) is 0 Å². The van der Waals surface area contributed by atoms with Gasteiger partial charge in [0, 0.05) is 6.42 Å². The van der Waals surface area contributed by atoms with Gasteiger partial charge in [0.15, 0.2) is 0 Å². The molecule has 0 aliphatic rings. The van der Waals surface area contributed by atoms with E-state index in [9.17, 15) is 9.59 Å². The molecule has 3 aromatic rings. The molecule has 0 saturated carbocycles. The molecule has 5 nitrogen and oxygen atoms in total. The van der Waals surface area contributed by atoms with E-state index in [1.165, 1.54) is 0 Å². The lowest BCUT2D eigenvalue weighted by Gasteiger charge is -2.21. The maximum atomic E-state index is 13.0. The molecular weight excluding hydrogens is 376 g/mol. The zero-order valence-electron chi connectivity index (χ0n) is 17.0. The maximum absolute atomic E-state index is 13.0. The van der Waals surface area contributed by atoms with Gasteiger partial charge in [0.1, 0.15) is 12.6 Å². The van der Waals surface area contributed by atoms with E-state index in [0.717, 1.165) is 16.7 Å². The molecule has 0 aliphatic heterocycles. The van der Waals surface area contributed by atoms with Crippen LogP contribution >= 0.6 is 0 Å². The van der Waals surface area contributed by atoms with Crippen LogP contribution in [0.3, 0.4) is 0 Å². The van der Waals surface area contributed by atoms with E-state index in [1.807, 2.05) is 97.9 Å². The Morgan fingerprint density at radius 2 is 1.30 bits per heavy atom. The lowest BCUT2D eigenvalue weighted by atomic mass is 10.0. The Bertz CT molecular complexity index is 930. The first kappa shape index (κ1) is 21.1. The third kappa shape index (κ3) is 6.48. The number of hydrogen-bond acceptors (Lipinski definition) is 3. The van der Waals surface area contributed by atoms with Gasteiger partial charge < -0.3 is 15.4 Å². The molecule has 0 unspecified atom stereocenters. The summed E-state index contributed by atoms with van der Waals surface area (Å²) in [5.41, 5.74) is 2.83. The summed E-state index contributed by atoms with van der Waals surface area (Å²) in [6, 6.07) is 27.8. The topological polar surface area (TPSA) is 67.4 Å². The van der Waals surface area contributed by atoms with E-state index in [1.54, 1.807) is 0 Å². The number of rotatable bonds is 8. The van der Waals surface area contributed by atoms with Gasteiger partial charge in [0.25, 0.3) is 0 Å². The standard InChI is InChI=1S/C25H26N2O3/c1-19(22-15-9-4-10-16-22)26-24(28)23(17-20-11-5-2-6-12-20)27-25(29)30-18-21-13-7-3-8-14-21/h2-16,19,23H,17-18H2,1H3,(H,26,28)(H,27,29)/t19-,23-/m1/s1. The number of carbonyl (C=O) groups excluding carboxylic acids is 2. The zero-order valence-corrected chi connectivity index (χ0v) is 17.0. The summed E-state index contributed by atoms with van der Waals surface area (Å²) in [5.74, 6) is -0.258. The van der Waals surface area contributed by atoms with Crippen molar-refractivity contribution in [2.75, 3.05) is 0 Å². The molecule has 0 saturated heterocycles. The summed E-state index contributed by atoms with van der Waals surface area (Å²) in [6.45, 7) is 2.06. The van der Waals surface area contributed by atoms with Crippen LogP contribution in [0.15, 0.2) is 91.0 Å². The van der Waals surface area contributed by atoms with Crippen molar-refractivity contribution in [2.24, 2.45) is 0 Å². The Morgan fingerprint density at radius 3 is 1.90 bits per heavy atom. The Balaban J connectivity index is 1.64. The molecule has 0 bridgehead atoms. The summed E-state index contributed by atoms with van der Waals surface area (Å²) >= 11 is 0. The number of carbonyl (C=O) groups is 2. The SMILES string of the molecule is C[C@@H](NC(=O)[C@@H](Cc1ccccc1)NC(=O)OCc1ccccc1)c1ccccc1. The van der Waals surface area contributed by atoms with Crippen molar-refractivity contribution in [1.82, 2.24) is 10.6 Å². The number of alkyl carbamates (subject to hydrolysis) is 1. The molecule has 2 amide bonds. The molecular formula is C25H26N2O3. The molecule has 154 valence electrons. The Hall–Kier alpha value is -3.60. The van der Waals surface area contributed by atoms with E-state index in [4.69, 9.17) is 4.74 Å². The fourth-order valence-corrected chi connectivity index (χ4v) is 3.11. The van der Waals surface area contributed by atoms with Gasteiger partial charge in [-0.05, 0) is 23.6 Å². The summed E-state index contributed by atoms with van der Waals surface area (Å²) < 4.78 is 5.31. The van der Waals surface area contributed by atoms with Crippen LogP contribution in [0.1, 0.15) is 29.7 Å². The van der Waals surface area contributed by atoms with E-state index < -0.39 is 12.1 Å². The monoisotopic (exact) mass is 402 g/mol. The average molecular weight is 402 g/mol. The number of ether oxygens (including phenoxy) is 1. The number of amides is 2. The Kier molecular flexibility index (Phi) is 7.61. The largest absolute Gasteiger partial charge is 0.445 e. The minimum absolute atomic E-state index is 0.146. The predicted octanol–water partition coefficient (Wildman–Crippen LogP) is 4.40. The first-order valence-corrected chi connectivity index (χ1v) is 9.98. The van der Waals surface area contributed by atoms with Gasteiger partial charge in [0.05, 0.1) is 6.04 Å². The van der Waals surface area contributed by atoms with Crippen LogP contribution in [0.5, 0.6) is 0 Å². The molecule has 3 rings (SSSR count). The van der Waals surface area contributed by atoms with Crippen LogP contribution in [0.25, 0.3) is 0 Å². The molecule has 0 fully saturated rings. The van der Waals surface area contributed by atoms with Gasteiger partial charge >= 0.3 is 6.09 Å². The lowest BCUT2D eigenvalue weighted by molar-refractivity contribution is -0.123. The average Bonchev–Trinajstić information content (AvgIpc) is 2.79. The second-order valence-electron chi connectivity index (χ2n) is 7.09. The third-order valence-electron chi connectivity index (χ3n) is 4.76. The van der Waals surface area contributed by atoms with E-state index in [2.05, 4.69) is 10.6 Å². The second-order valence-corrected chi connectivity index (χ2v) is 7.09. The van der Waals surface area contributed by atoms with E-state index >= 15 is 0 Å². The highest BCUT2D eigenvalue weighted by Crippen LogP contribution is 2.12. The van der Waals surface area contributed by atoms with Crippen molar-refractivity contribution >= 4 is 12.0 Å². The van der Waals surface area contributed by atoms with Crippen molar-refractivity contribution in [1.29, 1.82) is 0 Å². The van der Waals surface area contributed by atoms with Crippen molar-refractivity contribution in [3.05, 3.63) is 108 Å². The Labute approximate surface area is 177 Å². The molecule has 3 aromatic carbocycles. The molecule has 2 N–H and O–H groups in total. The van der Waals surface area contributed by atoms with Crippen LogP contribution in [-0.4, -0.2) is 18.0 Å². The molecule has 0 radical (unpaired) electrons. The van der Waals surface area contributed by atoms with E-state index in [0.29, 0.717) is 6.42 Å². The highest BCUT2D eigenvalue weighted by molar-refractivity contribution is 5.86. The van der Waals surface area contributed by atoms with Crippen LogP contribution in [0.2, 0.25) is 0 Å². The first-order chi connectivity index (χ1) is 14.6. The second kappa shape index (κ2) is 10.8. The number of benzene rings is 3. The predicted molar refractivity (Wildman–Crippen MR) is 117 cm³/mol. The minimum Gasteiger partial charge on any atom is -0.445 e. The highest BCUT2D eigenvalue weighted by Gasteiger charge is 2.23. The number of hydrogen-bond donors (Lipinski definition) is 2. The van der Waals surface area contributed by atoms with Crippen LogP contribution in [-0.2, 0) is 22.6 Å². The molecule has 0 aliphatic carbocycles.